The first-order chi connectivity index (χ1) is 11.9. The molecule has 0 saturated carbocycles. The molecule has 25 heavy (non-hydrogen) atoms. The first-order valence-electron chi connectivity index (χ1n) is 7.33. The van der Waals surface area contributed by atoms with E-state index in [1.807, 2.05) is 0 Å². The van der Waals surface area contributed by atoms with Gasteiger partial charge in [0.15, 0.2) is 5.82 Å². The highest BCUT2D eigenvalue weighted by Crippen LogP contribution is 2.23. The maximum absolute atomic E-state index is 13.2. The second-order valence-electron chi connectivity index (χ2n) is 5.40. The summed E-state index contributed by atoms with van der Waals surface area (Å²) in [6.45, 7) is 0.233. The fourth-order valence-electron chi connectivity index (χ4n) is 2.32. The van der Waals surface area contributed by atoms with Crippen LogP contribution in [0.15, 0.2) is 48.5 Å². The lowest BCUT2D eigenvalue weighted by Gasteiger charge is -2.05. The summed E-state index contributed by atoms with van der Waals surface area (Å²) in [6.07, 6.45) is 0. The van der Waals surface area contributed by atoms with Gasteiger partial charge in [0.05, 0.1) is 12.1 Å². The third-order valence-electron chi connectivity index (χ3n) is 3.50. The van der Waals surface area contributed by atoms with Crippen LogP contribution >= 0.6 is 0 Å². The van der Waals surface area contributed by atoms with Gasteiger partial charge in [-0.3, -0.25) is 4.79 Å². The van der Waals surface area contributed by atoms with Crippen molar-refractivity contribution in [3.8, 4) is 11.5 Å². The Morgan fingerprint density at radius 1 is 1.20 bits per heavy atom. The first-order valence-corrected chi connectivity index (χ1v) is 7.33. The number of nitrogens with two attached hydrogens (primary N) is 1. The molecule has 3 aromatic rings. The average molecular weight is 342 g/mol. The smallest absolute Gasteiger partial charge is 0.260 e. The van der Waals surface area contributed by atoms with Crippen LogP contribution in [0.2, 0.25) is 0 Å². The molecular weight excluding hydrogens is 327 g/mol. The molecule has 0 aliphatic rings. The normalized spacial score (nSPS) is 10.6. The van der Waals surface area contributed by atoms with Crippen molar-refractivity contribution in [2.24, 2.45) is 0 Å². The summed E-state index contributed by atoms with van der Waals surface area (Å²) < 4.78 is 14.7. The van der Waals surface area contributed by atoms with Crippen LogP contribution in [-0.2, 0) is 6.54 Å². The maximum atomic E-state index is 13.2. The van der Waals surface area contributed by atoms with Crippen molar-refractivity contribution in [2.45, 2.75) is 6.54 Å². The van der Waals surface area contributed by atoms with Crippen molar-refractivity contribution in [1.29, 1.82) is 0 Å². The van der Waals surface area contributed by atoms with Crippen LogP contribution in [0, 0.1) is 5.82 Å². The Bertz CT molecular complexity index is 939. The zero-order chi connectivity index (χ0) is 18.0. The van der Waals surface area contributed by atoms with Gasteiger partial charge >= 0.3 is 0 Å². The topological polar surface area (TPSA) is 113 Å². The molecule has 7 nitrogen and oxygen atoms in total. The second-order valence-corrected chi connectivity index (χ2v) is 5.40. The summed E-state index contributed by atoms with van der Waals surface area (Å²) in [5, 5.41) is 25.8. The van der Waals surface area contributed by atoms with E-state index in [2.05, 4.69) is 10.4 Å². The van der Waals surface area contributed by atoms with Crippen molar-refractivity contribution < 1.29 is 19.4 Å². The number of aromatic hydroxyl groups is 2. The molecule has 1 heterocycles. The number of nitrogens with one attached hydrogen (secondary N) is 1. The third-order valence-corrected chi connectivity index (χ3v) is 3.50. The molecule has 0 aliphatic carbocycles. The highest BCUT2D eigenvalue weighted by atomic mass is 19.1. The summed E-state index contributed by atoms with van der Waals surface area (Å²) in [5.74, 6) is -0.997. The number of hydrogen-bond donors (Lipinski definition) is 4. The standard InChI is InChI=1S/C17H15FN4O3/c18-11-3-1-2-10(6-11)9-22-15(19)8-16(21-22)20-17(25)13-7-12(23)4-5-14(13)24/h1-8,23-24H,9,19H2,(H,20,21,25). The Kier molecular flexibility index (Phi) is 4.25. The molecule has 0 atom stereocenters. The molecule has 0 saturated heterocycles. The maximum Gasteiger partial charge on any atom is 0.260 e. The van der Waals surface area contributed by atoms with E-state index in [0.29, 0.717) is 5.56 Å². The number of hydrogen-bond acceptors (Lipinski definition) is 5. The number of rotatable bonds is 4. The number of amides is 1. The van der Waals surface area contributed by atoms with Gasteiger partial charge in [0.25, 0.3) is 5.91 Å². The molecule has 0 spiro atoms. The number of nitrogen functional groups attached to an aromatic ring is 1. The van der Waals surface area contributed by atoms with Crippen LogP contribution in [0.1, 0.15) is 15.9 Å². The number of carbonyl (C=O) groups is 1. The number of phenolic OH excluding ortho intramolecular Hbond substituents is 2. The Labute approximate surface area is 142 Å². The summed E-state index contributed by atoms with van der Waals surface area (Å²) >= 11 is 0. The minimum Gasteiger partial charge on any atom is -0.508 e. The molecule has 128 valence electrons. The highest BCUT2D eigenvalue weighted by Gasteiger charge is 2.15. The van der Waals surface area contributed by atoms with Gasteiger partial charge in [-0.25, -0.2) is 9.07 Å². The third kappa shape index (κ3) is 3.69. The molecule has 2 aromatic carbocycles. The van der Waals surface area contributed by atoms with Crippen LogP contribution in [-0.4, -0.2) is 25.9 Å². The Morgan fingerprint density at radius 3 is 2.76 bits per heavy atom. The molecule has 8 heteroatoms. The van der Waals surface area contributed by atoms with E-state index in [-0.39, 0.29) is 41.1 Å². The highest BCUT2D eigenvalue weighted by molar-refractivity contribution is 6.06. The van der Waals surface area contributed by atoms with Crippen molar-refractivity contribution in [2.75, 3.05) is 11.1 Å². The lowest BCUT2D eigenvalue weighted by Crippen LogP contribution is -2.13. The van der Waals surface area contributed by atoms with Crippen molar-refractivity contribution in [3.63, 3.8) is 0 Å². The SMILES string of the molecule is Nc1cc(NC(=O)c2cc(O)ccc2O)nn1Cc1cccc(F)c1. The number of anilines is 2. The predicted molar refractivity (Wildman–Crippen MR) is 89.9 cm³/mol. The van der Waals surface area contributed by atoms with Gasteiger partial charge in [-0.15, -0.1) is 0 Å². The zero-order valence-corrected chi connectivity index (χ0v) is 13.0. The molecule has 0 fully saturated rings. The van der Waals surface area contributed by atoms with Crippen molar-refractivity contribution in [3.05, 3.63) is 65.5 Å². The van der Waals surface area contributed by atoms with E-state index in [9.17, 15) is 19.4 Å². The molecule has 0 unspecified atom stereocenters. The average Bonchev–Trinajstić information content (AvgIpc) is 2.89. The summed E-state index contributed by atoms with van der Waals surface area (Å²) in [5.41, 5.74) is 6.43. The van der Waals surface area contributed by atoms with Gasteiger partial charge in [-0.2, -0.15) is 5.10 Å². The lowest BCUT2D eigenvalue weighted by molar-refractivity contribution is 0.102. The quantitative estimate of drug-likeness (QED) is 0.543. The van der Waals surface area contributed by atoms with Crippen molar-refractivity contribution >= 4 is 17.5 Å². The first kappa shape index (κ1) is 16.3. The number of carbonyl (C=O) groups excluding carboxylic acids is 1. The minimum atomic E-state index is -0.649. The molecule has 0 radical (unpaired) electrons. The Hall–Kier alpha value is -3.55. The summed E-state index contributed by atoms with van der Waals surface area (Å²) in [6, 6.07) is 11.1. The molecule has 5 N–H and O–H groups in total. The number of nitrogens with zero attached hydrogens (tertiary/aromatic N) is 2. The number of aromatic nitrogens is 2. The van der Waals surface area contributed by atoms with E-state index in [1.165, 1.54) is 35.0 Å². The number of halogens is 1. The van der Waals surface area contributed by atoms with Crippen LogP contribution in [0.3, 0.4) is 0 Å². The fraction of sp³-hybridized carbons (Fsp3) is 0.0588. The van der Waals surface area contributed by atoms with Gasteiger partial charge in [0.2, 0.25) is 0 Å². The van der Waals surface area contributed by atoms with E-state index in [1.54, 1.807) is 12.1 Å². The predicted octanol–water partition coefficient (Wildman–Crippen LogP) is 2.32. The Morgan fingerprint density at radius 2 is 2.00 bits per heavy atom. The fourth-order valence-corrected chi connectivity index (χ4v) is 2.32. The summed E-state index contributed by atoms with van der Waals surface area (Å²) in [4.78, 5) is 12.2. The molecule has 1 amide bonds. The van der Waals surface area contributed by atoms with E-state index >= 15 is 0 Å². The van der Waals surface area contributed by atoms with Crippen LogP contribution < -0.4 is 11.1 Å². The monoisotopic (exact) mass is 342 g/mol. The summed E-state index contributed by atoms with van der Waals surface area (Å²) in [7, 11) is 0. The van der Waals surface area contributed by atoms with Crippen LogP contribution in [0.5, 0.6) is 11.5 Å². The van der Waals surface area contributed by atoms with Gasteiger partial charge < -0.3 is 21.3 Å². The molecule has 3 rings (SSSR count). The molecule has 1 aromatic heterocycles. The Balaban J connectivity index is 1.78. The lowest BCUT2D eigenvalue weighted by atomic mass is 10.2. The van der Waals surface area contributed by atoms with Crippen molar-refractivity contribution in [1.82, 2.24) is 9.78 Å². The van der Waals surface area contributed by atoms with E-state index < -0.39 is 5.91 Å². The second kappa shape index (κ2) is 6.52. The largest absolute Gasteiger partial charge is 0.508 e. The molecule has 0 bridgehead atoms. The number of benzene rings is 2. The van der Waals surface area contributed by atoms with Gasteiger partial charge in [-0.1, -0.05) is 12.1 Å². The van der Waals surface area contributed by atoms with E-state index in [4.69, 9.17) is 5.73 Å². The zero-order valence-electron chi connectivity index (χ0n) is 13.0. The van der Waals surface area contributed by atoms with Gasteiger partial charge in [0, 0.05) is 6.07 Å². The minimum absolute atomic E-state index is 0.0988. The van der Waals surface area contributed by atoms with Crippen LogP contribution in [0.25, 0.3) is 0 Å². The van der Waals surface area contributed by atoms with E-state index in [0.717, 1.165) is 6.07 Å². The van der Waals surface area contributed by atoms with Crippen LogP contribution in [0.4, 0.5) is 16.0 Å². The number of phenols is 2. The molecular formula is C17H15FN4O3. The molecule has 0 aliphatic heterocycles. The van der Waals surface area contributed by atoms with Gasteiger partial charge in [-0.05, 0) is 35.9 Å². The van der Waals surface area contributed by atoms with Gasteiger partial charge in [0.1, 0.15) is 23.1 Å².